The quantitative estimate of drug-likeness (QED) is 0.0197. The molecule has 1 unspecified atom stereocenters. The van der Waals surface area contributed by atoms with Crippen LogP contribution in [-0.2, 0) is 32.7 Å². The summed E-state index contributed by atoms with van der Waals surface area (Å²) in [6.07, 6.45) is 43.1. The van der Waals surface area contributed by atoms with E-state index in [0.29, 0.717) is 23.9 Å². The first-order chi connectivity index (χ1) is 27.0. The number of unbranched alkanes of at least 4 members (excludes halogenated alkanes) is 21. The highest BCUT2D eigenvalue weighted by atomic mass is 31.2. The topological polar surface area (TPSA) is 111 Å². The number of hydrogen-bond acceptors (Lipinski definition) is 8. The van der Waals surface area contributed by atoms with Crippen molar-refractivity contribution in [3.8, 4) is 0 Å². The molecule has 0 saturated carbocycles. The Morgan fingerprint density at radius 1 is 0.554 bits per heavy atom. The lowest BCUT2D eigenvalue weighted by molar-refractivity contribution is -0.870. The van der Waals surface area contributed by atoms with Crippen LogP contribution in [0.2, 0.25) is 0 Å². The first kappa shape index (κ1) is 54.2. The third-order valence-electron chi connectivity index (χ3n) is 9.63. The summed E-state index contributed by atoms with van der Waals surface area (Å²) in [6.45, 7) is 4.17. The van der Waals surface area contributed by atoms with Gasteiger partial charge in [-0.25, -0.2) is 0 Å². The molecule has 0 radical (unpaired) electrons. The van der Waals surface area contributed by atoms with Gasteiger partial charge in [-0.15, -0.1) is 0 Å². The number of hydrogen-bond donors (Lipinski definition) is 0. The predicted octanol–water partition coefficient (Wildman–Crippen LogP) is 12.3. The van der Waals surface area contributed by atoms with Crippen molar-refractivity contribution >= 4 is 19.8 Å². The molecule has 0 fully saturated rings. The van der Waals surface area contributed by atoms with E-state index in [2.05, 4.69) is 50.3 Å². The molecular formula is C46H86NO8P. The predicted molar refractivity (Wildman–Crippen MR) is 231 cm³/mol. The highest BCUT2D eigenvalue weighted by Crippen LogP contribution is 2.38. The van der Waals surface area contributed by atoms with Gasteiger partial charge in [-0.3, -0.25) is 14.2 Å². The molecule has 0 aromatic rings. The number of phosphoric ester groups is 1. The Kier molecular flexibility index (Phi) is 37.5. The highest BCUT2D eigenvalue weighted by Gasteiger charge is 2.21. The number of rotatable bonds is 41. The highest BCUT2D eigenvalue weighted by molar-refractivity contribution is 7.45. The van der Waals surface area contributed by atoms with E-state index in [0.717, 1.165) is 51.4 Å². The molecule has 0 heterocycles. The summed E-state index contributed by atoms with van der Waals surface area (Å²) in [7, 11) is 1.15. The van der Waals surface area contributed by atoms with Crippen molar-refractivity contribution in [3.05, 3.63) is 36.5 Å². The lowest BCUT2D eigenvalue weighted by Crippen LogP contribution is -2.37. The van der Waals surface area contributed by atoms with E-state index in [-0.39, 0.29) is 26.1 Å². The smallest absolute Gasteiger partial charge is 0.306 e. The summed E-state index contributed by atoms with van der Waals surface area (Å²) >= 11 is 0. The van der Waals surface area contributed by atoms with Crippen LogP contribution in [-0.4, -0.2) is 70.0 Å². The minimum atomic E-state index is -4.63. The molecule has 0 aromatic heterocycles. The maximum absolute atomic E-state index is 12.7. The fraction of sp³-hybridized carbons (Fsp3) is 0.826. The average Bonchev–Trinajstić information content (AvgIpc) is 3.15. The molecule has 56 heavy (non-hydrogen) atoms. The summed E-state index contributed by atoms with van der Waals surface area (Å²) in [4.78, 5) is 37.5. The van der Waals surface area contributed by atoms with E-state index in [9.17, 15) is 19.0 Å². The summed E-state index contributed by atoms with van der Waals surface area (Å²) < 4.78 is 33.9. The van der Waals surface area contributed by atoms with Crippen molar-refractivity contribution in [2.75, 3.05) is 47.5 Å². The van der Waals surface area contributed by atoms with Crippen LogP contribution in [0.3, 0.4) is 0 Å². The van der Waals surface area contributed by atoms with Gasteiger partial charge in [0.2, 0.25) is 0 Å². The molecule has 0 aliphatic carbocycles. The molecule has 2 atom stereocenters. The number of phosphoric acid groups is 1. The van der Waals surface area contributed by atoms with Gasteiger partial charge in [0.25, 0.3) is 7.82 Å². The van der Waals surface area contributed by atoms with Crippen LogP contribution in [0.15, 0.2) is 36.5 Å². The van der Waals surface area contributed by atoms with E-state index in [4.69, 9.17) is 18.5 Å². The van der Waals surface area contributed by atoms with Gasteiger partial charge in [-0.1, -0.05) is 147 Å². The van der Waals surface area contributed by atoms with Gasteiger partial charge in [0.15, 0.2) is 6.10 Å². The first-order valence-electron chi connectivity index (χ1n) is 22.7. The van der Waals surface area contributed by atoms with Crippen molar-refractivity contribution in [2.24, 2.45) is 0 Å². The molecule has 328 valence electrons. The molecule has 0 spiro atoms. The van der Waals surface area contributed by atoms with Gasteiger partial charge in [0.1, 0.15) is 19.8 Å². The fourth-order valence-corrected chi connectivity index (χ4v) is 6.76. The van der Waals surface area contributed by atoms with Gasteiger partial charge >= 0.3 is 11.9 Å². The second-order valence-electron chi connectivity index (χ2n) is 16.4. The van der Waals surface area contributed by atoms with Crippen LogP contribution in [0.25, 0.3) is 0 Å². The van der Waals surface area contributed by atoms with Crippen LogP contribution in [0, 0.1) is 0 Å². The lowest BCUT2D eigenvalue weighted by atomic mass is 10.1. The molecular weight excluding hydrogens is 725 g/mol. The molecule has 10 heteroatoms. The van der Waals surface area contributed by atoms with Crippen LogP contribution in [0.5, 0.6) is 0 Å². The van der Waals surface area contributed by atoms with E-state index in [1.54, 1.807) is 0 Å². The summed E-state index contributed by atoms with van der Waals surface area (Å²) in [5.41, 5.74) is 0. The SMILES string of the molecule is CCCCC/C=C/C/C=C/CCCCCCCCCC(=O)O[C@H](COC(=O)CCCC/C=C/CCCCCCCCCCC)COP(=O)([O-])OCC[N+](C)(C)C. The van der Waals surface area contributed by atoms with Crippen LogP contribution < -0.4 is 4.89 Å². The molecule has 0 aromatic carbocycles. The number of allylic oxidation sites excluding steroid dienone is 6. The summed E-state index contributed by atoms with van der Waals surface area (Å²) in [5.74, 6) is -0.867. The average molecular weight is 812 g/mol. The minimum Gasteiger partial charge on any atom is -0.756 e. The minimum absolute atomic E-state index is 0.0354. The van der Waals surface area contributed by atoms with Gasteiger partial charge in [-0.2, -0.15) is 0 Å². The van der Waals surface area contributed by atoms with E-state index in [1.807, 2.05) is 21.1 Å². The summed E-state index contributed by atoms with van der Waals surface area (Å²) in [5, 5.41) is 0. The van der Waals surface area contributed by atoms with Crippen molar-refractivity contribution in [1.29, 1.82) is 0 Å². The van der Waals surface area contributed by atoms with E-state index >= 15 is 0 Å². The normalized spacial score (nSPS) is 13.9. The number of ether oxygens (including phenoxy) is 2. The zero-order valence-electron chi connectivity index (χ0n) is 36.8. The molecule has 0 aliphatic rings. The van der Waals surface area contributed by atoms with Crippen molar-refractivity contribution in [2.45, 2.75) is 200 Å². The second kappa shape index (κ2) is 38.7. The van der Waals surface area contributed by atoms with Crippen LogP contribution in [0.1, 0.15) is 194 Å². The Morgan fingerprint density at radius 2 is 0.964 bits per heavy atom. The van der Waals surface area contributed by atoms with Crippen LogP contribution >= 0.6 is 7.82 Å². The number of likely N-dealkylation sites (N-methyl/N-ethyl adjacent to an activating group) is 1. The molecule has 0 amide bonds. The molecule has 0 rings (SSSR count). The second-order valence-corrected chi connectivity index (χ2v) is 17.8. The van der Waals surface area contributed by atoms with E-state index < -0.39 is 32.5 Å². The van der Waals surface area contributed by atoms with Gasteiger partial charge in [0.05, 0.1) is 27.7 Å². The number of esters is 2. The number of carbonyl (C=O) groups excluding carboxylic acids is 2. The van der Waals surface area contributed by atoms with Crippen molar-refractivity contribution in [3.63, 3.8) is 0 Å². The maximum Gasteiger partial charge on any atom is 0.306 e. The molecule has 0 bridgehead atoms. The van der Waals surface area contributed by atoms with Crippen molar-refractivity contribution < 1.29 is 42.1 Å². The zero-order chi connectivity index (χ0) is 41.4. The van der Waals surface area contributed by atoms with Gasteiger partial charge in [0, 0.05) is 12.8 Å². The van der Waals surface area contributed by atoms with Gasteiger partial charge < -0.3 is 27.9 Å². The molecule has 0 saturated heterocycles. The van der Waals surface area contributed by atoms with E-state index in [1.165, 1.54) is 103 Å². The monoisotopic (exact) mass is 812 g/mol. The van der Waals surface area contributed by atoms with Crippen molar-refractivity contribution in [1.82, 2.24) is 0 Å². The zero-order valence-corrected chi connectivity index (χ0v) is 37.7. The molecule has 0 N–H and O–H groups in total. The fourth-order valence-electron chi connectivity index (χ4n) is 6.03. The first-order valence-corrected chi connectivity index (χ1v) is 24.2. The number of nitrogens with zero attached hydrogens (tertiary/aromatic N) is 1. The van der Waals surface area contributed by atoms with Gasteiger partial charge in [-0.05, 0) is 70.6 Å². The molecule has 9 nitrogen and oxygen atoms in total. The Morgan fingerprint density at radius 3 is 1.50 bits per heavy atom. The third-order valence-corrected chi connectivity index (χ3v) is 10.6. The Labute approximate surface area is 344 Å². The standard InChI is InChI=1S/C46H86NO8P/c1-6-8-10-12-14-16-18-20-22-23-25-27-29-31-33-35-37-39-46(49)55-44(43-54-56(50,51)53-41-40-47(3,4)5)42-52-45(48)38-36-34-32-30-28-26-24-21-19-17-15-13-11-9-7-2/h14,16,20,22,28,30,44H,6-13,15,17-19,21,23-27,29,31-43H2,1-5H3/b16-14+,22-20+,30-28+/t44-/m1/s1. The lowest BCUT2D eigenvalue weighted by Gasteiger charge is -2.28. The Bertz CT molecular complexity index is 1050. The largest absolute Gasteiger partial charge is 0.756 e. The maximum atomic E-state index is 12.7. The Balaban J connectivity index is 4.38. The number of carbonyl (C=O) groups is 2. The van der Waals surface area contributed by atoms with Crippen LogP contribution in [0.4, 0.5) is 0 Å². The molecule has 0 aliphatic heterocycles. The Hall–Kier alpha value is -1.77. The summed E-state index contributed by atoms with van der Waals surface area (Å²) in [6, 6.07) is 0. The third kappa shape index (κ3) is 41.9. The number of quaternary nitrogens is 1.